The van der Waals surface area contributed by atoms with E-state index in [-0.39, 0.29) is 10.8 Å². The van der Waals surface area contributed by atoms with Crippen molar-refractivity contribution in [2.24, 2.45) is 0 Å². The van der Waals surface area contributed by atoms with E-state index < -0.39 is 16.1 Å². The van der Waals surface area contributed by atoms with Gasteiger partial charge in [0.1, 0.15) is 11.8 Å². The third-order valence-electron chi connectivity index (χ3n) is 4.50. The van der Waals surface area contributed by atoms with Crippen LogP contribution in [0, 0.1) is 0 Å². The number of sulfonamides is 1. The van der Waals surface area contributed by atoms with Gasteiger partial charge in [-0.05, 0) is 31.0 Å². The van der Waals surface area contributed by atoms with Gasteiger partial charge in [-0.15, -0.1) is 0 Å². The Labute approximate surface area is 153 Å². The maximum atomic E-state index is 12.8. The third-order valence-corrected chi connectivity index (χ3v) is 6.42. The molecule has 1 heterocycles. The van der Waals surface area contributed by atoms with Crippen LogP contribution < -0.4 is 10.1 Å². The number of nitrogens with one attached hydrogen (secondary N) is 1. The minimum atomic E-state index is -3.68. The molecule has 1 aliphatic rings. The summed E-state index contributed by atoms with van der Waals surface area (Å²) in [5.74, 6) is 0.404. The van der Waals surface area contributed by atoms with E-state index in [0.29, 0.717) is 31.7 Å². The molecule has 1 amide bonds. The number of hydrogen-bond acceptors (Lipinski definition) is 4. The van der Waals surface area contributed by atoms with Crippen LogP contribution >= 0.6 is 0 Å². The highest BCUT2D eigenvalue weighted by Gasteiger charge is 2.39. The molecule has 26 heavy (non-hydrogen) atoms. The first-order chi connectivity index (χ1) is 12.5. The summed E-state index contributed by atoms with van der Waals surface area (Å²) < 4.78 is 32.3. The molecule has 7 heteroatoms. The van der Waals surface area contributed by atoms with E-state index in [1.54, 1.807) is 37.4 Å². The fourth-order valence-electron chi connectivity index (χ4n) is 3.17. The van der Waals surface area contributed by atoms with Gasteiger partial charge in [-0.25, -0.2) is 8.42 Å². The molecule has 0 spiro atoms. The summed E-state index contributed by atoms with van der Waals surface area (Å²) in [6.07, 6.45) is 1.18. The van der Waals surface area contributed by atoms with Crippen molar-refractivity contribution in [3.63, 3.8) is 0 Å². The minimum Gasteiger partial charge on any atom is -0.496 e. The molecule has 0 bridgehead atoms. The summed E-state index contributed by atoms with van der Waals surface area (Å²) >= 11 is 0. The van der Waals surface area contributed by atoms with Crippen molar-refractivity contribution in [2.45, 2.75) is 30.3 Å². The van der Waals surface area contributed by atoms with Crippen molar-refractivity contribution in [2.75, 3.05) is 13.7 Å². The van der Waals surface area contributed by atoms with Crippen molar-refractivity contribution in [3.8, 4) is 5.75 Å². The highest BCUT2D eigenvalue weighted by Crippen LogP contribution is 2.26. The monoisotopic (exact) mass is 374 g/mol. The van der Waals surface area contributed by atoms with Crippen molar-refractivity contribution < 1.29 is 17.9 Å². The SMILES string of the molecule is COc1ccccc1CNC(=O)C1CCCN1S(=O)(=O)c1ccccc1. The van der Waals surface area contributed by atoms with Gasteiger partial charge in [-0.3, -0.25) is 4.79 Å². The number of nitrogens with zero attached hydrogens (tertiary/aromatic N) is 1. The maximum Gasteiger partial charge on any atom is 0.243 e. The van der Waals surface area contributed by atoms with Crippen molar-refractivity contribution >= 4 is 15.9 Å². The standard InChI is InChI=1S/C19H22N2O4S/c1-25-18-12-6-5-8-15(18)14-20-19(22)17-11-7-13-21(17)26(23,24)16-9-3-2-4-10-16/h2-6,8-10,12,17H,7,11,13-14H2,1H3,(H,20,22). The van der Waals surface area contributed by atoms with Crippen LogP contribution in [0.4, 0.5) is 0 Å². The summed E-state index contributed by atoms with van der Waals surface area (Å²) in [6, 6.07) is 15.0. The Morgan fingerprint density at radius 1 is 1.15 bits per heavy atom. The number of hydrogen-bond donors (Lipinski definition) is 1. The molecule has 0 saturated carbocycles. The number of benzene rings is 2. The van der Waals surface area contributed by atoms with Gasteiger partial charge in [0.15, 0.2) is 0 Å². The summed E-state index contributed by atoms with van der Waals surface area (Å²) in [5, 5.41) is 2.84. The summed E-state index contributed by atoms with van der Waals surface area (Å²) in [6.45, 7) is 0.641. The lowest BCUT2D eigenvalue weighted by Crippen LogP contribution is -2.45. The molecule has 0 aromatic heterocycles. The quantitative estimate of drug-likeness (QED) is 0.841. The van der Waals surface area contributed by atoms with Crippen molar-refractivity contribution in [3.05, 3.63) is 60.2 Å². The number of amides is 1. The lowest BCUT2D eigenvalue weighted by atomic mass is 10.2. The van der Waals surface area contributed by atoms with Gasteiger partial charge in [-0.2, -0.15) is 4.31 Å². The first-order valence-electron chi connectivity index (χ1n) is 8.50. The molecule has 6 nitrogen and oxygen atoms in total. The fraction of sp³-hybridized carbons (Fsp3) is 0.316. The predicted molar refractivity (Wildman–Crippen MR) is 98.2 cm³/mol. The van der Waals surface area contributed by atoms with Gasteiger partial charge in [0, 0.05) is 18.7 Å². The number of carbonyl (C=O) groups excluding carboxylic acids is 1. The van der Waals surface area contributed by atoms with E-state index in [0.717, 1.165) is 5.56 Å². The first-order valence-corrected chi connectivity index (χ1v) is 9.94. The average molecular weight is 374 g/mol. The van der Waals surface area contributed by atoms with E-state index in [1.165, 1.54) is 4.31 Å². The van der Waals surface area contributed by atoms with Gasteiger partial charge in [0.25, 0.3) is 0 Å². The number of methoxy groups -OCH3 is 1. The molecule has 2 aromatic rings. The molecule has 1 fully saturated rings. The first kappa shape index (κ1) is 18.4. The zero-order chi connectivity index (χ0) is 18.6. The number of rotatable bonds is 6. The molecule has 0 radical (unpaired) electrons. The van der Waals surface area contributed by atoms with Crippen LogP contribution in [0.2, 0.25) is 0 Å². The molecular formula is C19H22N2O4S. The van der Waals surface area contributed by atoms with E-state index in [2.05, 4.69) is 5.32 Å². The Hall–Kier alpha value is -2.38. The summed E-state index contributed by atoms with van der Waals surface area (Å²) in [4.78, 5) is 12.9. The normalized spacial score (nSPS) is 17.8. The van der Waals surface area contributed by atoms with Gasteiger partial charge < -0.3 is 10.1 Å². The number of carbonyl (C=O) groups is 1. The highest BCUT2D eigenvalue weighted by molar-refractivity contribution is 7.89. The molecule has 1 N–H and O–H groups in total. The molecule has 1 unspecified atom stereocenters. The molecule has 0 aliphatic carbocycles. The van der Waals surface area contributed by atoms with Crippen LogP contribution in [-0.4, -0.2) is 38.3 Å². The molecule has 1 atom stereocenters. The summed E-state index contributed by atoms with van der Waals surface area (Å²) in [7, 11) is -2.11. The smallest absolute Gasteiger partial charge is 0.243 e. The largest absolute Gasteiger partial charge is 0.496 e. The zero-order valence-corrected chi connectivity index (χ0v) is 15.4. The maximum absolute atomic E-state index is 12.8. The van der Waals surface area contributed by atoms with Gasteiger partial charge in [0.2, 0.25) is 15.9 Å². The Morgan fingerprint density at radius 2 is 1.85 bits per heavy atom. The average Bonchev–Trinajstić information content (AvgIpc) is 3.18. The van der Waals surface area contributed by atoms with E-state index in [1.807, 2.05) is 24.3 Å². The van der Waals surface area contributed by atoms with Crippen molar-refractivity contribution in [1.82, 2.24) is 9.62 Å². The Balaban J connectivity index is 1.73. The topological polar surface area (TPSA) is 75.7 Å². The van der Waals surface area contributed by atoms with Crippen molar-refractivity contribution in [1.29, 1.82) is 0 Å². The Morgan fingerprint density at radius 3 is 2.58 bits per heavy atom. The number of ether oxygens (including phenoxy) is 1. The Kier molecular flexibility index (Phi) is 5.58. The molecule has 138 valence electrons. The third kappa shape index (κ3) is 3.73. The molecular weight excluding hydrogens is 352 g/mol. The molecule has 1 saturated heterocycles. The number of para-hydroxylation sites is 1. The molecule has 2 aromatic carbocycles. The van der Waals surface area contributed by atoms with Gasteiger partial charge >= 0.3 is 0 Å². The molecule has 3 rings (SSSR count). The van der Waals surface area contributed by atoms with Gasteiger partial charge in [-0.1, -0.05) is 36.4 Å². The molecule has 1 aliphatic heterocycles. The highest BCUT2D eigenvalue weighted by atomic mass is 32.2. The van der Waals surface area contributed by atoms with E-state index >= 15 is 0 Å². The predicted octanol–water partition coefficient (Wildman–Crippen LogP) is 2.16. The Bertz CT molecular complexity index is 868. The zero-order valence-electron chi connectivity index (χ0n) is 14.6. The summed E-state index contributed by atoms with van der Waals surface area (Å²) in [5.41, 5.74) is 0.846. The fourth-order valence-corrected chi connectivity index (χ4v) is 4.84. The lowest BCUT2D eigenvalue weighted by molar-refractivity contribution is -0.124. The second-order valence-electron chi connectivity index (χ2n) is 6.12. The second-order valence-corrected chi connectivity index (χ2v) is 8.01. The van der Waals surface area contributed by atoms with E-state index in [9.17, 15) is 13.2 Å². The second kappa shape index (κ2) is 7.88. The van der Waals surface area contributed by atoms with Crippen LogP contribution in [0.3, 0.4) is 0 Å². The minimum absolute atomic E-state index is 0.212. The van der Waals surface area contributed by atoms with E-state index in [4.69, 9.17) is 4.74 Å². The lowest BCUT2D eigenvalue weighted by Gasteiger charge is -2.23. The van der Waals surface area contributed by atoms with Crippen LogP contribution in [0.15, 0.2) is 59.5 Å². The van der Waals surface area contributed by atoms with Gasteiger partial charge in [0.05, 0.1) is 12.0 Å². The van der Waals surface area contributed by atoms with Crippen LogP contribution in [0.1, 0.15) is 18.4 Å². The van der Waals surface area contributed by atoms with Crippen LogP contribution in [0.25, 0.3) is 0 Å². The van der Waals surface area contributed by atoms with Crippen LogP contribution in [-0.2, 0) is 21.4 Å². The van der Waals surface area contributed by atoms with Crippen LogP contribution in [0.5, 0.6) is 5.75 Å².